The molecule has 172 valence electrons. The van der Waals surface area contributed by atoms with Crippen molar-refractivity contribution in [3.63, 3.8) is 0 Å². The predicted octanol–water partition coefficient (Wildman–Crippen LogP) is 5.75. The first-order chi connectivity index (χ1) is 15.8. The zero-order chi connectivity index (χ0) is 23.7. The van der Waals surface area contributed by atoms with Gasteiger partial charge in [-0.3, -0.25) is 19.9 Å². The number of pyridine rings is 1. The normalized spacial score (nSPS) is 18.3. The number of carbonyl (C=O) groups is 1. The quantitative estimate of drug-likeness (QED) is 0.270. The third-order valence-corrected chi connectivity index (χ3v) is 6.55. The van der Waals surface area contributed by atoms with Crippen molar-refractivity contribution in [3.8, 4) is 11.1 Å². The largest absolute Gasteiger partial charge is 0.381 e. The van der Waals surface area contributed by atoms with Crippen LogP contribution in [0, 0.1) is 15.9 Å². The van der Waals surface area contributed by atoms with Crippen molar-refractivity contribution in [1.29, 1.82) is 0 Å². The Labute approximate surface area is 195 Å². The Morgan fingerprint density at radius 1 is 1.15 bits per heavy atom. The molecule has 1 saturated carbocycles. The number of carbonyl (C=O) groups excluding carboxylic acids is 1. The Hall–Kier alpha value is -3.10. The molecule has 0 atom stereocenters. The number of benzene rings is 2. The monoisotopic (exact) mass is 470 g/mol. The van der Waals surface area contributed by atoms with E-state index in [0.29, 0.717) is 33.9 Å². The van der Waals surface area contributed by atoms with Gasteiger partial charge < -0.3 is 10.6 Å². The average Bonchev–Trinajstić information content (AvgIpc) is 2.78. The summed E-state index contributed by atoms with van der Waals surface area (Å²) in [6.07, 6.45) is 5.59. The number of halogens is 2. The van der Waals surface area contributed by atoms with Crippen LogP contribution in [0.2, 0.25) is 5.02 Å². The van der Waals surface area contributed by atoms with Crippen LogP contribution in [-0.2, 0) is 0 Å². The smallest absolute Gasteiger partial charge is 0.323 e. The maximum atomic E-state index is 14.4. The number of rotatable bonds is 6. The van der Waals surface area contributed by atoms with Gasteiger partial charge in [0.2, 0.25) is 5.82 Å². The zero-order valence-corrected chi connectivity index (χ0v) is 19.1. The van der Waals surface area contributed by atoms with E-state index in [1.54, 1.807) is 18.3 Å². The summed E-state index contributed by atoms with van der Waals surface area (Å²) in [7, 11) is 1.97. The van der Waals surface area contributed by atoms with Gasteiger partial charge in [0.1, 0.15) is 5.02 Å². The summed E-state index contributed by atoms with van der Waals surface area (Å²) < 4.78 is 14.4. The lowest BCUT2D eigenvalue weighted by Gasteiger charge is -2.30. The maximum Gasteiger partial charge on any atom is 0.323 e. The van der Waals surface area contributed by atoms with Crippen molar-refractivity contribution < 1.29 is 14.1 Å². The molecule has 9 heteroatoms. The van der Waals surface area contributed by atoms with E-state index in [1.807, 2.05) is 13.1 Å². The SMILES string of the molecule is CNC1CCC(Nc2c(C(C)=O)cnc3ccc(-c4cc(F)c([N+](=O)[O-])c(Cl)c4)cc23)CC1. The molecule has 0 radical (unpaired) electrons. The Bertz CT molecular complexity index is 1220. The molecule has 4 rings (SSSR count). The molecule has 33 heavy (non-hydrogen) atoms. The van der Waals surface area contributed by atoms with E-state index in [1.165, 1.54) is 13.0 Å². The number of nitrogens with one attached hydrogen (secondary N) is 2. The first-order valence-corrected chi connectivity index (χ1v) is 11.2. The second-order valence-corrected chi connectivity index (χ2v) is 8.77. The molecule has 2 N–H and O–H groups in total. The summed E-state index contributed by atoms with van der Waals surface area (Å²) in [6, 6.07) is 8.53. The molecule has 3 aromatic rings. The van der Waals surface area contributed by atoms with Crippen LogP contribution < -0.4 is 10.6 Å². The topological polar surface area (TPSA) is 97.2 Å². The van der Waals surface area contributed by atoms with Crippen LogP contribution in [0.3, 0.4) is 0 Å². The van der Waals surface area contributed by atoms with Gasteiger partial charge in [-0.2, -0.15) is 4.39 Å². The molecule has 0 aliphatic heterocycles. The van der Waals surface area contributed by atoms with E-state index in [-0.39, 0.29) is 16.8 Å². The van der Waals surface area contributed by atoms with Gasteiger partial charge in [0.15, 0.2) is 5.78 Å². The van der Waals surface area contributed by atoms with Gasteiger partial charge >= 0.3 is 5.69 Å². The molecule has 1 aromatic heterocycles. The second-order valence-electron chi connectivity index (χ2n) is 8.36. The predicted molar refractivity (Wildman–Crippen MR) is 128 cm³/mol. The minimum absolute atomic E-state index is 0.106. The fourth-order valence-corrected chi connectivity index (χ4v) is 4.71. The number of nitro benzene ring substituents is 1. The fourth-order valence-electron chi connectivity index (χ4n) is 4.43. The molecule has 7 nitrogen and oxygen atoms in total. The summed E-state index contributed by atoms with van der Waals surface area (Å²) in [4.78, 5) is 27.0. The summed E-state index contributed by atoms with van der Waals surface area (Å²) in [5.41, 5.74) is 2.14. The Balaban J connectivity index is 1.79. The fraction of sp³-hybridized carbons (Fsp3) is 0.333. The Morgan fingerprint density at radius 3 is 2.45 bits per heavy atom. The lowest BCUT2D eigenvalue weighted by molar-refractivity contribution is -0.387. The average molecular weight is 471 g/mol. The Kier molecular flexibility index (Phi) is 6.58. The van der Waals surface area contributed by atoms with E-state index in [0.717, 1.165) is 37.1 Å². The number of Topliss-reactive ketones (excluding diaryl/α,β-unsaturated/α-hetero) is 1. The number of hydrogen-bond acceptors (Lipinski definition) is 6. The molecule has 0 bridgehead atoms. The molecule has 0 unspecified atom stereocenters. The highest BCUT2D eigenvalue weighted by Crippen LogP contribution is 2.36. The lowest BCUT2D eigenvalue weighted by Crippen LogP contribution is -2.35. The summed E-state index contributed by atoms with van der Waals surface area (Å²) >= 11 is 5.99. The Morgan fingerprint density at radius 2 is 1.85 bits per heavy atom. The van der Waals surface area contributed by atoms with Gasteiger partial charge in [0.05, 0.1) is 21.7 Å². The number of nitrogens with zero attached hydrogens (tertiary/aromatic N) is 2. The van der Waals surface area contributed by atoms with Gasteiger partial charge in [-0.25, -0.2) is 0 Å². The van der Waals surface area contributed by atoms with Crippen molar-refractivity contribution in [3.05, 3.63) is 63.0 Å². The van der Waals surface area contributed by atoms with E-state index < -0.39 is 16.4 Å². The van der Waals surface area contributed by atoms with Crippen molar-refractivity contribution in [2.45, 2.75) is 44.7 Å². The minimum atomic E-state index is -1.00. The highest BCUT2D eigenvalue weighted by atomic mass is 35.5. The number of aromatic nitrogens is 1. The third kappa shape index (κ3) is 4.67. The summed E-state index contributed by atoms with van der Waals surface area (Å²) in [5.74, 6) is -1.11. The molecule has 1 fully saturated rings. The number of hydrogen-bond donors (Lipinski definition) is 2. The maximum absolute atomic E-state index is 14.4. The van der Waals surface area contributed by atoms with Crippen molar-refractivity contribution in [1.82, 2.24) is 10.3 Å². The van der Waals surface area contributed by atoms with Crippen LogP contribution in [0.5, 0.6) is 0 Å². The molecule has 2 aromatic carbocycles. The van der Waals surface area contributed by atoms with Gasteiger partial charge in [0, 0.05) is 23.7 Å². The van der Waals surface area contributed by atoms with E-state index in [2.05, 4.69) is 15.6 Å². The van der Waals surface area contributed by atoms with Gasteiger partial charge in [-0.15, -0.1) is 0 Å². The van der Waals surface area contributed by atoms with Gasteiger partial charge in [-0.05, 0) is 75.0 Å². The van der Waals surface area contributed by atoms with Crippen molar-refractivity contribution in [2.75, 3.05) is 12.4 Å². The first kappa shape index (κ1) is 23.1. The van der Waals surface area contributed by atoms with Crippen LogP contribution in [-0.4, -0.2) is 34.8 Å². The van der Waals surface area contributed by atoms with Gasteiger partial charge in [0.25, 0.3) is 0 Å². The van der Waals surface area contributed by atoms with Crippen LogP contribution >= 0.6 is 11.6 Å². The molecule has 0 saturated heterocycles. The van der Waals surface area contributed by atoms with Crippen molar-refractivity contribution in [2.24, 2.45) is 0 Å². The minimum Gasteiger partial charge on any atom is -0.381 e. The summed E-state index contributed by atoms with van der Waals surface area (Å²) in [5, 5.41) is 18.4. The van der Waals surface area contributed by atoms with Gasteiger partial charge in [-0.1, -0.05) is 17.7 Å². The molecule has 1 aliphatic rings. The highest BCUT2D eigenvalue weighted by molar-refractivity contribution is 6.33. The van der Waals surface area contributed by atoms with E-state index in [9.17, 15) is 19.3 Å². The number of fused-ring (bicyclic) bond motifs is 1. The van der Waals surface area contributed by atoms with Crippen LogP contribution in [0.25, 0.3) is 22.0 Å². The summed E-state index contributed by atoms with van der Waals surface area (Å²) in [6.45, 7) is 1.50. The van der Waals surface area contributed by atoms with Crippen LogP contribution in [0.1, 0.15) is 43.0 Å². The molecule has 0 spiro atoms. The molecule has 1 heterocycles. The lowest BCUT2D eigenvalue weighted by atomic mass is 9.90. The molecule has 0 amide bonds. The van der Waals surface area contributed by atoms with Crippen LogP contribution in [0.15, 0.2) is 36.5 Å². The van der Waals surface area contributed by atoms with Crippen molar-refractivity contribution >= 4 is 39.7 Å². The van der Waals surface area contributed by atoms with E-state index >= 15 is 0 Å². The number of anilines is 1. The number of nitro groups is 1. The van der Waals surface area contributed by atoms with Crippen LogP contribution in [0.4, 0.5) is 15.8 Å². The molecular formula is C24H24ClFN4O3. The standard InChI is InChI=1S/C24H24ClFN4O3/c1-13(31)19-12-28-22-8-3-14(15-10-20(25)24(30(32)33)21(26)11-15)9-18(22)23(19)29-17-6-4-16(27-2)5-7-17/h3,8-12,16-17,27H,4-7H2,1-2H3,(H,28,29). The van der Waals surface area contributed by atoms with E-state index in [4.69, 9.17) is 11.6 Å². The number of ketones is 1. The first-order valence-electron chi connectivity index (χ1n) is 10.8. The second kappa shape index (κ2) is 9.41. The molecule has 1 aliphatic carbocycles. The molecular weight excluding hydrogens is 447 g/mol. The zero-order valence-electron chi connectivity index (χ0n) is 18.3. The highest BCUT2D eigenvalue weighted by Gasteiger charge is 2.24. The third-order valence-electron chi connectivity index (χ3n) is 6.26.